The molecule has 0 unspecified atom stereocenters. The summed E-state index contributed by atoms with van der Waals surface area (Å²) < 4.78 is 28.6. The Morgan fingerprint density at radius 2 is 1.95 bits per heavy atom. The first kappa shape index (κ1) is 16.3. The molecule has 0 heterocycles. The lowest BCUT2D eigenvalue weighted by Crippen LogP contribution is -2.22. The number of nitrogens with two attached hydrogens (primary N) is 1. The van der Waals surface area contributed by atoms with E-state index in [1.54, 1.807) is 38.1 Å². The zero-order chi connectivity index (χ0) is 15.2. The highest BCUT2D eigenvalue weighted by molar-refractivity contribution is 7.91. The summed E-state index contributed by atoms with van der Waals surface area (Å²) in [6.45, 7) is 3.43. The van der Waals surface area contributed by atoms with E-state index in [9.17, 15) is 8.42 Å². The second kappa shape index (κ2) is 7.14. The van der Waals surface area contributed by atoms with Crippen LogP contribution >= 0.6 is 0 Å². The van der Waals surface area contributed by atoms with Crippen molar-refractivity contribution in [2.75, 3.05) is 12.4 Å². The topological polar surface area (TPSA) is 102 Å². The average Bonchev–Trinajstić information content (AvgIpc) is 2.40. The average molecular weight is 300 g/mol. The number of nitrogens with zero attached hydrogens (tertiary/aromatic N) is 1. The van der Waals surface area contributed by atoms with Gasteiger partial charge in [-0.15, -0.1) is 0 Å². The molecular weight excluding hydrogens is 280 g/mol. The third-order valence-electron chi connectivity index (χ3n) is 2.79. The summed E-state index contributed by atoms with van der Waals surface area (Å²) in [6.07, 6.45) is 0.346. The SMILES string of the molecule is CC(C)S(=O)(=O)CCOc1ccc(C/C(N)=N/O)cc1. The molecule has 0 atom stereocenters. The highest BCUT2D eigenvalue weighted by Gasteiger charge is 2.15. The van der Waals surface area contributed by atoms with Gasteiger partial charge in [0, 0.05) is 6.42 Å². The van der Waals surface area contributed by atoms with Crippen molar-refractivity contribution in [1.29, 1.82) is 0 Å². The highest BCUT2D eigenvalue weighted by atomic mass is 32.2. The number of benzene rings is 1. The summed E-state index contributed by atoms with van der Waals surface area (Å²) in [5, 5.41) is 11.0. The van der Waals surface area contributed by atoms with Crippen LogP contribution in [0.15, 0.2) is 29.4 Å². The van der Waals surface area contributed by atoms with Crippen molar-refractivity contribution in [3.63, 3.8) is 0 Å². The lowest BCUT2D eigenvalue weighted by molar-refractivity contribution is 0.317. The third-order valence-corrected chi connectivity index (χ3v) is 4.96. The van der Waals surface area contributed by atoms with Crippen molar-refractivity contribution < 1.29 is 18.4 Å². The van der Waals surface area contributed by atoms with Crippen LogP contribution in [0.25, 0.3) is 0 Å². The van der Waals surface area contributed by atoms with Gasteiger partial charge in [-0.05, 0) is 31.5 Å². The van der Waals surface area contributed by atoms with E-state index < -0.39 is 15.1 Å². The first-order valence-electron chi connectivity index (χ1n) is 6.25. The molecule has 0 amide bonds. The summed E-state index contributed by atoms with van der Waals surface area (Å²) >= 11 is 0. The Hall–Kier alpha value is -1.76. The Kier molecular flexibility index (Phi) is 5.82. The van der Waals surface area contributed by atoms with Gasteiger partial charge in [-0.25, -0.2) is 8.42 Å². The molecule has 1 aromatic rings. The van der Waals surface area contributed by atoms with E-state index in [0.29, 0.717) is 12.2 Å². The fourth-order valence-electron chi connectivity index (χ4n) is 1.46. The minimum absolute atomic E-state index is 0.00344. The largest absolute Gasteiger partial charge is 0.493 e. The predicted molar refractivity (Wildman–Crippen MR) is 78.0 cm³/mol. The smallest absolute Gasteiger partial charge is 0.155 e. The number of sulfone groups is 1. The molecule has 0 aliphatic heterocycles. The lowest BCUT2D eigenvalue weighted by Gasteiger charge is -2.09. The summed E-state index contributed by atoms with van der Waals surface area (Å²) in [6, 6.07) is 7.01. The molecule has 0 aliphatic carbocycles. The van der Waals surface area contributed by atoms with Gasteiger partial charge < -0.3 is 15.7 Å². The van der Waals surface area contributed by atoms with Crippen LogP contribution in [0.4, 0.5) is 0 Å². The Morgan fingerprint density at radius 3 is 2.45 bits per heavy atom. The Bertz CT molecular complexity index is 550. The van der Waals surface area contributed by atoms with Crippen LogP contribution in [0, 0.1) is 0 Å². The summed E-state index contributed by atoms with van der Waals surface area (Å²) in [4.78, 5) is 0. The molecule has 1 aromatic carbocycles. The molecule has 1 rings (SSSR count). The zero-order valence-electron chi connectivity index (χ0n) is 11.6. The molecule has 0 aromatic heterocycles. The van der Waals surface area contributed by atoms with Crippen LogP contribution in [0.1, 0.15) is 19.4 Å². The Balaban J connectivity index is 2.50. The first-order chi connectivity index (χ1) is 9.35. The minimum atomic E-state index is -3.08. The number of oxime groups is 1. The van der Waals surface area contributed by atoms with Crippen LogP contribution in [0.3, 0.4) is 0 Å². The van der Waals surface area contributed by atoms with Gasteiger partial charge in [-0.3, -0.25) is 0 Å². The van der Waals surface area contributed by atoms with Gasteiger partial charge in [0.1, 0.15) is 18.2 Å². The van der Waals surface area contributed by atoms with E-state index in [-0.39, 0.29) is 18.2 Å². The van der Waals surface area contributed by atoms with Crippen LogP contribution in [0.5, 0.6) is 5.75 Å². The summed E-state index contributed by atoms with van der Waals surface area (Å²) in [5.41, 5.74) is 6.28. The molecule has 0 bridgehead atoms. The van der Waals surface area contributed by atoms with Gasteiger partial charge in [-0.2, -0.15) is 0 Å². The van der Waals surface area contributed by atoms with Crippen molar-refractivity contribution in [1.82, 2.24) is 0 Å². The van der Waals surface area contributed by atoms with Crippen molar-refractivity contribution in [2.24, 2.45) is 10.9 Å². The van der Waals surface area contributed by atoms with E-state index in [0.717, 1.165) is 5.56 Å². The quantitative estimate of drug-likeness (QED) is 0.341. The number of amidine groups is 1. The molecule has 112 valence electrons. The molecular formula is C13H20N2O4S. The Morgan fingerprint density at radius 1 is 1.35 bits per heavy atom. The molecule has 0 saturated heterocycles. The predicted octanol–water partition coefficient (Wildman–Crippen LogP) is 1.18. The maximum Gasteiger partial charge on any atom is 0.155 e. The van der Waals surface area contributed by atoms with Crippen LogP contribution in [0.2, 0.25) is 0 Å². The van der Waals surface area contributed by atoms with Crippen molar-refractivity contribution in [3.8, 4) is 5.75 Å². The van der Waals surface area contributed by atoms with Gasteiger partial charge in [0.25, 0.3) is 0 Å². The van der Waals surface area contributed by atoms with E-state index in [2.05, 4.69) is 5.16 Å². The molecule has 0 spiro atoms. The van der Waals surface area contributed by atoms with Crippen LogP contribution in [-0.4, -0.2) is 37.1 Å². The highest BCUT2D eigenvalue weighted by Crippen LogP contribution is 2.13. The number of hydrogen-bond acceptors (Lipinski definition) is 5. The fourth-order valence-corrected chi connectivity index (χ4v) is 2.25. The molecule has 0 saturated carbocycles. The van der Waals surface area contributed by atoms with Gasteiger partial charge >= 0.3 is 0 Å². The van der Waals surface area contributed by atoms with Crippen molar-refractivity contribution in [3.05, 3.63) is 29.8 Å². The van der Waals surface area contributed by atoms with E-state index in [1.807, 2.05) is 0 Å². The zero-order valence-corrected chi connectivity index (χ0v) is 12.4. The molecule has 7 heteroatoms. The first-order valence-corrected chi connectivity index (χ1v) is 7.96. The van der Waals surface area contributed by atoms with Gasteiger partial charge in [0.2, 0.25) is 0 Å². The van der Waals surface area contributed by atoms with Crippen molar-refractivity contribution in [2.45, 2.75) is 25.5 Å². The van der Waals surface area contributed by atoms with Crippen molar-refractivity contribution >= 4 is 15.7 Å². The van der Waals surface area contributed by atoms with E-state index in [1.165, 1.54) is 0 Å². The number of ether oxygens (including phenoxy) is 1. The number of hydrogen-bond donors (Lipinski definition) is 2. The number of rotatable bonds is 7. The molecule has 20 heavy (non-hydrogen) atoms. The molecule has 0 radical (unpaired) electrons. The minimum Gasteiger partial charge on any atom is -0.493 e. The Labute approximate surface area is 119 Å². The normalized spacial score (nSPS) is 12.7. The maximum absolute atomic E-state index is 11.6. The summed E-state index contributed by atoms with van der Waals surface area (Å²) in [7, 11) is -3.08. The van der Waals surface area contributed by atoms with Crippen LogP contribution < -0.4 is 10.5 Å². The molecule has 6 nitrogen and oxygen atoms in total. The van der Waals surface area contributed by atoms with Gasteiger partial charge in [0.15, 0.2) is 9.84 Å². The van der Waals surface area contributed by atoms with Gasteiger partial charge in [0.05, 0.1) is 11.0 Å². The monoisotopic (exact) mass is 300 g/mol. The summed E-state index contributed by atoms with van der Waals surface area (Å²) in [5.74, 6) is 0.713. The van der Waals surface area contributed by atoms with E-state index >= 15 is 0 Å². The molecule has 0 aliphatic rings. The van der Waals surface area contributed by atoms with Crippen LogP contribution in [-0.2, 0) is 16.3 Å². The lowest BCUT2D eigenvalue weighted by atomic mass is 10.1. The van der Waals surface area contributed by atoms with Gasteiger partial charge in [-0.1, -0.05) is 17.3 Å². The second-order valence-corrected chi connectivity index (χ2v) is 7.35. The molecule has 0 fully saturated rings. The van der Waals surface area contributed by atoms with E-state index in [4.69, 9.17) is 15.7 Å². The fraction of sp³-hybridized carbons (Fsp3) is 0.462. The second-order valence-electron chi connectivity index (χ2n) is 4.68. The molecule has 3 N–H and O–H groups in total. The maximum atomic E-state index is 11.6. The standard InChI is InChI=1S/C13H20N2O4S/c1-10(2)20(17,18)8-7-19-12-5-3-11(4-6-12)9-13(14)15-16/h3-6,10,16H,7-9H2,1-2H3,(H2,14,15). The third kappa shape index (κ3) is 5.08.